The van der Waals surface area contributed by atoms with E-state index in [1.165, 1.54) is 24.9 Å². The second-order valence-electron chi connectivity index (χ2n) is 11.2. The van der Waals surface area contributed by atoms with Crippen molar-refractivity contribution in [1.29, 1.82) is 0 Å². The third kappa shape index (κ3) is 6.86. The van der Waals surface area contributed by atoms with Crippen LogP contribution in [0.3, 0.4) is 0 Å². The molecule has 216 valence electrons. The second-order valence-corrected chi connectivity index (χ2v) is 12.3. The summed E-state index contributed by atoms with van der Waals surface area (Å²) < 4.78 is 19.1. The van der Waals surface area contributed by atoms with Gasteiger partial charge < -0.3 is 18.8 Å². The quantitative estimate of drug-likeness (QED) is 0.160. The number of unbranched alkanes of at least 4 members (excludes halogenated alkanes) is 1. The van der Waals surface area contributed by atoms with Crippen molar-refractivity contribution in [2.75, 3.05) is 19.0 Å². The summed E-state index contributed by atoms with van der Waals surface area (Å²) in [6.07, 6.45) is 6.64. The van der Waals surface area contributed by atoms with Crippen LogP contribution in [0.15, 0.2) is 30.3 Å². The molecule has 1 aliphatic carbocycles. The van der Waals surface area contributed by atoms with Crippen molar-refractivity contribution >= 4 is 45.3 Å². The summed E-state index contributed by atoms with van der Waals surface area (Å²) in [6.45, 7) is 7.87. The Morgan fingerprint density at radius 1 is 1.10 bits per heavy atom. The summed E-state index contributed by atoms with van der Waals surface area (Å²) in [6, 6.07) is 9.40. The van der Waals surface area contributed by atoms with Gasteiger partial charge in [-0.3, -0.25) is 10.1 Å². The van der Waals surface area contributed by atoms with Crippen LogP contribution in [-0.2, 0) is 25.5 Å². The van der Waals surface area contributed by atoms with Gasteiger partial charge in [0, 0.05) is 5.56 Å². The lowest BCUT2D eigenvalue weighted by Crippen LogP contribution is -2.26. The molecule has 0 saturated heterocycles. The van der Waals surface area contributed by atoms with Gasteiger partial charge in [0.15, 0.2) is 0 Å². The minimum atomic E-state index is -0.650. The molecular weight excluding hydrogens is 528 g/mol. The van der Waals surface area contributed by atoms with Crippen LogP contribution in [0.25, 0.3) is 21.5 Å². The summed E-state index contributed by atoms with van der Waals surface area (Å²) >= 11 is 1.39. The van der Waals surface area contributed by atoms with E-state index in [2.05, 4.69) is 5.32 Å². The number of hydrogen-bond acceptors (Lipinski definition) is 7. The summed E-state index contributed by atoms with van der Waals surface area (Å²) in [5, 5.41) is 2.93. The lowest BCUT2D eigenvalue weighted by molar-refractivity contribution is -0.155. The van der Waals surface area contributed by atoms with E-state index in [1.807, 2.05) is 56.5 Å². The third-order valence-corrected chi connectivity index (χ3v) is 8.17. The van der Waals surface area contributed by atoms with Gasteiger partial charge in [-0.1, -0.05) is 50.8 Å². The van der Waals surface area contributed by atoms with Gasteiger partial charge in [-0.15, -0.1) is 11.3 Å². The van der Waals surface area contributed by atoms with Crippen molar-refractivity contribution in [3.05, 3.63) is 40.8 Å². The lowest BCUT2D eigenvalue weighted by atomic mass is 9.83. The number of amides is 1. The molecule has 3 aromatic rings. The Morgan fingerprint density at radius 2 is 1.82 bits per heavy atom. The molecular formula is C31H40N2O6S. The predicted octanol–water partition coefficient (Wildman–Crippen LogP) is 7.89. The Labute approximate surface area is 240 Å². The summed E-state index contributed by atoms with van der Waals surface area (Å²) in [5.74, 6) is -0.533. The number of carbonyl (C=O) groups excluding carboxylic acids is 3. The van der Waals surface area contributed by atoms with E-state index in [0.29, 0.717) is 17.2 Å². The van der Waals surface area contributed by atoms with Gasteiger partial charge in [0.05, 0.1) is 35.3 Å². The molecule has 1 fully saturated rings. The maximum atomic E-state index is 13.2. The largest absolute Gasteiger partial charge is 0.465 e. The summed E-state index contributed by atoms with van der Waals surface area (Å²) in [4.78, 5) is 39.0. The second kappa shape index (κ2) is 12.9. The van der Waals surface area contributed by atoms with Crippen molar-refractivity contribution in [2.45, 2.75) is 90.7 Å². The molecule has 0 radical (unpaired) electrons. The van der Waals surface area contributed by atoms with E-state index >= 15 is 0 Å². The van der Waals surface area contributed by atoms with Crippen LogP contribution < -0.4 is 5.32 Å². The number of thiophene rings is 1. The molecule has 0 spiro atoms. The number of aromatic nitrogens is 1. The van der Waals surface area contributed by atoms with Crippen LogP contribution in [0.4, 0.5) is 10.5 Å². The van der Waals surface area contributed by atoms with E-state index in [9.17, 15) is 14.4 Å². The van der Waals surface area contributed by atoms with Gasteiger partial charge >= 0.3 is 18.0 Å². The van der Waals surface area contributed by atoms with E-state index in [0.717, 1.165) is 65.6 Å². The molecule has 2 heterocycles. The maximum Gasteiger partial charge on any atom is 0.411 e. The minimum Gasteiger partial charge on any atom is -0.465 e. The van der Waals surface area contributed by atoms with Crippen molar-refractivity contribution in [1.82, 2.24) is 4.57 Å². The van der Waals surface area contributed by atoms with Gasteiger partial charge in [-0.25, -0.2) is 9.59 Å². The number of rotatable bonds is 9. The van der Waals surface area contributed by atoms with E-state index in [4.69, 9.17) is 14.2 Å². The number of benzene rings is 1. The fraction of sp³-hybridized carbons (Fsp3) is 0.516. The number of esters is 2. The van der Waals surface area contributed by atoms with Crippen LogP contribution in [0, 0.1) is 0 Å². The number of ether oxygens (including phenoxy) is 3. The van der Waals surface area contributed by atoms with Crippen LogP contribution in [0.2, 0.25) is 0 Å². The molecule has 8 nitrogen and oxygen atoms in total. The zero-order valence-electron chi connectivity index (χ0n) is 24.1. The number of methoxy groups -OCH3 is 1. The first-order valence-corrected chi connectivity index (χ1v) is 14.9. The third-order valence-electron chi connectivity index (χ3n) is 7.03. The number of fused-ring (bicyclic) bond motifs is 1. The Morgan fingerprint density at radius 3 is 2.50 bits per heavy atom. The van der Waals surface area contributed by atoms with Crippen LogP contribution in [0.5, 0.6) is 0 Å². The average Bonchev–Trinajstić information content (AvgIpc) is 3.46. The standard InChI is InChI=1S/C31H40N2O6S/c1-6-7-17-38-30(36)32-22-16-12-11-15-21(22)27-26(20-13-9-8-10-14-20)28-23(18-24(40-28)29(35)37-5)33(27)19-25(34)39-31(2,3)4/h11-12,15-16,18,20H,6-10,13-14,17,19H2,1-5H3,(H,32,36). The number of nitrogens with zero attached hydrogens (tertiary/aromatic N) is 1. The molecule has 40 heavy (non-hydrogen) atoms. The fourth-order valence-corrected chi connectivity index (χ4v) is 6.54. The molecule has 2 aromatic heterocycles. The first-order valence-electron chi connectivity index (χ1n) is 14.1. The monoisotopic (exact) mass is 568 g/mol. The number of carbonyl (C=O) groups is 3. The summed E-state index contributed by atoms with van der Waals surface area (Å²) in [5.41, 5.74) is 3.49. The van der Waals surface area contributed by atoms with Crippen LogP contribution in [-0.4, -0.2) is 41.9 Å². The zero-order valence-corrected chi connectivity index (χ0v) is 24.9. The van der Waals surface area contributed by atoms with Gasteiger partial charge in [0.25, 0.3) is 0 Å². The molecule has 0 aliphatic heterocycles. The zero-order chi connectivity index (χ0) is 28.9. The van der Waals surface area contributed by atoms with Crippen LogP contribution >= 0.6 is 11.3 Å². The first kappa shape index (κ1) is 29.6. The predicted molar refractivity (Wildman–Crippen MR) is 158 cm³/mol. The Hall–Kier alpha value is -3.33. The van der Waals surface area contributed by atoms with Crippen LogP contribution in [0.1, 0.15) is 93.8 Å². The van der Waals surface area contributed by atoms with Crippen molar-refractivity contribution in [2.24, 2.45) is 0 Å². The van der Waals surface area contributed by atoms with Gasteiger partial charge in [-0.2, -0.15) is 0 Å². The number of para-hydroxylation sites is 1. The van der Waals surface area contributed by atoms with E-state index in [1.54, 1.807) is 6.07 Å². The van der Waals surface area contributed by atoms with Gasteiger partial charge in [0.1, 0.15) is 17.0 Å². The van der Waals surface area contributed by atoms with Crippen molar-refractivity contribution in [3.8, 4) is 11.3 Å². The molecule has 1 aliphatic rings. The smallest absolute Gasteiger partial charge is 0.411 e. The lowest BCUT2D eigenvalue weighted by Gasteiger charge is -2.25. The number of nitrogens with one attached hydrogen (secondary N) is 1. The Balaban J connectivity index is 1.91. The molecule has 1 aromatic carbocycles. The molecule has 1 saturated carbocycles. The molecule has 1 amide bonds. The highest BCUT2D eigenvalue weighted by Gasteiger charge is 2.31. The summed E-state index contributed by atoms with van der Waals surface area (Å²) in [7, 11) is 1.37. The Bertz CT molecular complexity index is 1360. The highest BCUT2D eigenvalue weighted by Crippen LogP contribution is 2.48. The molecule has 1 N–H and O–H groups in total. The van der Waals surface area contributed by atoms with Crippen molar-refractivity contribution in [3.63, 3.8) is 0 Å². The molecule has 0 unspecified atom stereocenters. The van der Waals surface area contributed by atoms with E-state index in [-0.39, 0.29) is 18.4 Å². The minimum absolute atomic E-state index is 0.0392. The molecule has 9 heteroatoms. The fourth-order valence-electron chi connectivity index (χ4n) is 5.33. The number of hydrogen-bond donors (Lipinski definition) is 1. The Kier molecular flexibility index (Phi) is 9.56. The van der Waals surface area contributed by atoms with Gasteiger partial charge in [-0.05, 0) is 63.6 Å². The first-order chi connectivity index (χ1) is 19.1. The SMILES string of the molecule is CCCCOC(=O)Nc1ccccc1-c1c(C2CCCCC2)c2sc(C(=O)OC)cc2n1CC(=O)OC(C)(C)C. The normalized spacial score (nSPS) is 14.2. The molecule has 0 bridgehead atoms. The van der Waals surface area contributed by atoms with Gasteiger partial charge in [0.2, 0.25) is 0 Å². The number of anilines is 1. The van der Waals surface area contributed by atoms with E-state index < -0.39 is 17.7 Å². The average molecular weight is 569 g/mol. The molecule has 4 rings (SSSR count). The maximum absolute atomic E-state index is 13.2. The van der Waals surface area contributed by atoms with Crippen molar-refractivity contribution < 1.29 is 28.6 Å². The highest BCUT2D eigenvalue weighted by molar-refractivity contribution is 7.21. The highest BCUT2D eigenvalue weighted by atomic mass is 32.1. The topological polar surface area (TPSA) is 95.9 Å². The molecule has 0 atom stereocenters.